The Labute approximate surface area is 342 Å². The number of aromatic nitrogens is 2. The lowest BCUT2D eigenvalue weighted by atomic mass is 9.97. The minimum atomic E-state index is 0.0240. The van der Waals surface area contributed by atoms with Crippen LogP contribution < -0.4 is 0 Å². The number of nitrogens with zero attached hydrogens (tertiary/aromatic N) is 6. The number of para-hydroxylation sites is 2. The van der Waals surface area contributed by atoms with Gasteiger partial charge in [-0.1, -0.05) is 121 Å². The van der Waals surface area contributed by atoms with Crippen molar-refractivity contribution in [1.29, 1.82) is 10.5 Å². The predicted octanol–water partition coefficient (Wildman–Crippen LogP) is 14.3. The first kappa shape index (κ1) is 32.2. The molecule has 2 aliphatic rings. The van der Waals surface area contributed by atoms with Crippen molar-refractivity contribution in [3.63, 3.8) is 0 Å². The van der Waals surface area contributed by atoms with Gasteiger partial charge in [0.1, 0.15) is 0 Å². The molecule has 0 fully saturated rings. The van der Waals surface area contributed by atoms with Gasteiger partial charge in [0.05, 0.1) is 69.9 Å². The molecule has 0 atom stereocenters. The van der Waals surface area contributed by atoms with Crippen LogP contribution in [-0.4, -0.2) is 9.13 Å². The van der Waals surface area contributed by atoms with Crippen molar-refractivity contribution in [1.82, 2.24) is 9.13 Å². The lowest BCUT2D eigenvalue weighted by Crippen LogP contribution is -2.06. The monoisotopic (exact) mass is 756 g/mol. The second kappa shape index (κ2) is 11.3. The standard InChI is InChI=1S/C54H24N6/c1-57-49-43(27-55)53(59-45-23-9-7-17-33(45)41-25-39-31-15-5-3-13-29(31)35-19-11-21-37(47(35)39)51(41)59)44(28-56)50(58-2)54(49)60-46-24-10-8-18-34(46)42-26-40-32-16-6-4-14-30(32)36-20-12-22-38(48(36)40)52(42)60/h3-26H. The molecule has 13 rings (SSSR count). The number of benzene rings is 9. The van der Waals surface area contributed by atoms with E-state index in [-0.39, 0.29) is 33.9 Å². The zero-order valence-corrected chi connectivity index (χ0v) is 31.5. The van der Waals surface area contributed by atoms with E-state index >= 15 is 0 Å². The number of fused-ring (bicyclic) bond motifs is 14. The molecule has 0 aliphatic heterocycles. The van der Waals surface area contributed by atoms with Crippen molar-refractivity contribution in [3.05, 3.63) is 180 Å². The zero-order valence-electron chi connectivity index (χ0n) is 31.5. The van der Waals surface area contributed by atoms with Crippen molar-refractivity contribution in [2.45, 2.75) is 0 Å². The molecular formula is C54H24N6. The summed E-state index contributed by atoms with van der Waals surface area (Å²) in [6.07, 6.45) is 0. The third kappa shape index (κ3) is 3.70. The van der Waals surface area contributed by atoms with E-state index in [1.165, 1.54) is 0 Å². The van der Waals surface area contributed by atoms with Crippen molar-refractivity contribution < 1.29 is 0 Å². The maximum atomic E-state index is 11.4. The molecule has 0 amide bonds. The molecule has 270 valence electrons. The van der Waals surface area contributed by atoms with E-state index in [1.54, 1.807) is 0 Å². The normalized spacial score (nSPS) is 11.9. The summed E-state index contributed by atoms with van der Waals surface area (Å²) >= 11 is 0. The van der Waals surface area contributed by atoms with E-state index in [9.17, 15) is 10.5 Å². The van der Waals surface area contributed by atoms with Crippen molar-refractivity contribution in [2.24, 2.45) is 0 Å². The maximum absolute atomic E-state index is 11.4. The molecule has 6 heteroatoms. The summed E-state index contributed by atoms with van der Waals surface area (Å²) in [5.74, 6) is 0. The van der Waals surface area contributed by atoms with Crippen LogP contribution in [-0.2, 0) is 0 Å². The lowest BCUT2D eigenvalue weighted by Gasteiger charge is -2.21. The predicted molar refractivity (Wildman–Crippen MR) is 241 cm³/mol. The van der Waals surface area contributed by atoms with Crippen LogP contribution in [0.5, 0.6) is 0 Å². The second-order valence-corrected chi connectivity index (χ2v) is 15.5. The number of hydrogen-bond acceptors (Lipinski definition) is 2. The van der Waals surface area contributed by atoms with Gasteiger partial charge in [0.15, 0.2) is 0 Å². The first-order chi connectivity index (χ1) is 29.7. The third-order valence-corrected chi connectivity index (χ3v) is 12.9. The molecule has 2 heterocycles. The molecule has 9 aromatic carbocycles. The van der Waals surface area contributed by atoms with Gasteiger partial charge >= 0.3 is 0 Å². The molecule has 2 aliphatic carbocycles. The Kier molecular flexibility index (Phi) is 6.08. The van der Waals surface area contributed by atoms with Crippen LogP contribution in [0.25, 0.3) is 131 Å². The molecule has 0 unspecified atom stereocenters. The Morgan fingerprint density at radius 3 is 1.18 bits per heavy atom. The molecule has 0 spiro atoms. The summed E-state index contributed by atoms with van der Waals surface area (Å²) < 4.78 is 3.95. The van der Waals surface area contributed by atoms with Crippen molar-refractivity contribution in [3.8, 4) is 68.0 Å². The molecule has 0 saturated carbocycles. The first-order valence-corrected chi connectivity index (χ1v) is 19.6. The fourth-order valence-electron chi connectivity index (χ4n) is 10.7. The Morgan fingerprint density at radius 1 is 0.383 bits per heavy atom. The largest absolute Gasteiger partial charge is 0.329 e. The first-order valence-electron chi connectivity index (χ1n) is 19.6. The Morgan fingerprint density at radius 2 is 0.750 bits per heavy atom. The molecular weight excluding hydrogens is 733 g/mol. The van der Waals surface area contributed by atoms with Gasteiger partial charge < -0.3 is 9.13 Å². The van der Waals surface area contributed by atoms with Crippen molar-refractivity contribution in [2.75, 3.05) is 0 Å². The summed E-state index contributed by atoms with van der Waals surface area (Å²) in [6.45, 7) is 17.7. The minimum Gasteiger partial charge on any atom is -0.329 e. The smallest absolute Gasteiger partial charge is 0.219 e. The highest BCUT2D eigenvalue weighted by molar-refractivity contribution is 6.29. The van der Waals surface area contributed by atoms with Crippen LogP contribution in [0.4, 0.5) is 11.4 Å². The molecule has 0 radical (unpaired) electrons. The quantitative estimate of drug-likeness (QED) is 0.165. The molecule has 0 N–H and O–H groups in total. The fourth-order valence-corrected chi connectivity index (χ4v) is 10.7. The maximum Gasteiger partial charge on any atom is 0.219 e. The topological polar surface area (TPSA) is 66.2 Å². The average Bonchev–Trinajstić information content (AvgIpc) is 4.02. The summed E-state index contributed by atoms with van der Waals surface area (Å²) in [6, 6.07) is 54.7. The lowest BCUT2D eigenvalue weighted by molar-refractivity contribution is 1.14. The van der Waals surface area contributed by atoms with Gasteiger partial charge in [-0.05, 0) is 79.5 Å². The summed E-state index contributed by atoms with van der Waals surface area (Å²) in [7, 11) is 0. The van der Waals surface area contributed by atoms with Gasteiger partial charge in [-0.2, -0.15) is 10.5 Å². The van der Waals surface area contributed by atoms with Gasteiger partial charge in [-0.25, -0.2) is 9.69 Å². The van der Waals surface area contributed by atoms with Crippen molar-refractivity contribution >= 4 is 76.5 Å². The second-order valence-electron chi connectivity index (χ2n) is 15.5. The molecule has 2 aromatic heterocycles. The highest BCUT2D eigenvalue weighted by Crippen LogP contribution is 2.55. The molecule has 60 heavy (non-hydrogen) atoms. The molecule has 11 aromatic rings. The summed E-state index contributed by atoms with van der Waals surface area (Å²) in [5.41, 5.74) is 12.9. The number of nitriles is 2. The van der Waals surface area contributed by atoms with E-state index in [4.69, 9.17) is 13.1 Å². The van der Waals surface area contributed by atoms with Gasteiger partial charge in [0.25, 0.3) is 0 Å². The highest BCUT2D eigenvalue weighted by atomic mass is 15.1. The molecule has 6 nitrogen and oxygen atoms in total. The van der Waals surface area contributed by atoms with Crippen LogP contribution in [0.2, 0.25) is 0 Å². The Bertz CT molecular complexity index is 3740. The van der Waals surface area contributed by atoms with Gasteiger partial charge in [-0.15, -0.1) is 0 Å². The van der Waals surface area contributed by atoms with E-state index in [0.29, 0.717) is 0 Å². The average molecular weight is 757 g/mol. The van der Waals surface area contributed by atoms with Gasteiger partial charge in [-0.3, -0.25) is 0 Å². The highest BCUT2D eigenvalue weighted by Gasteiger charge is 2.33. The van der Waals surface area contributed by atoms with E-state index in [1.807, 2.05) is 45.5 Å². The van der Waals surface area contributed by atoms with Crippen LogP contribution in [0, 0.1) is 35.8 Å². The van der Waals surface area contributed by atoms with Gasteiger partial charge in [0, 0.05) is 32.3 Å². The summed E-state index contributed by atoms with van der Waals surface area (Å²) in [4.78, 5) is 8.31. The van der Waals surface area contributed by atoms with Crippen LogP contribution >= 0.6 is 0 Å². The third-order valence-electron chi connectivity index (χ3n) is 12.9. The van der Waals surface area contributed by atoms with E-state index < -0.39 is 0 Å². The minimum absolute atomic E-state index is 0.0240. The zero-order chi connectivity index (χ0) is 40.0. The summed E-state index contributed by atoms with van der Waals surface area (Å²) in [5, 5.41) is 30.7. The number of rotatable bonds is 2. The molecule has 0 saturated heterocycles. The van der Waals surface area contributed by atoms with E-state index in [0.717, 1.165) is 110 Å². The fraction of sp³-hybridized carbons (Fsp3) is 0. The van der Waals surface area contributed by atoms with Crippen LogP contribution in [0.15, 0.2) is 146 Å². The number of hydrogen-bond donors (Lipinski definition) is 0. The Hall–Kier alpha value is -8.94. The van der Waals surface area contributed by atoms with Gasteiger partial charge in [0.2, 0.25) is 11.4 Å². The van der Waals surface area contributed by atoms with Crippen LogP contribution in [0.3, 0.4) is 0 Å². The van der Waals surface area contributed by atoms with E-state index in [2.05, 4.69) is 131 Å². The van der Waals surface area contributed by atoms with Crippen LogP contribution in [0.1, 0.15) is 11.1 Å². The Balaban J connectivity index is 1.21. The SMILES string of the molecule is [C-]#[N+]c1c(C#N)c(-n2c3ccccc3c3cc4c5c(cccc5c32)-c2ccccc2-4)c(C#N)c([N+]#[C-])c1-n1c2ccccc2c2cc3c4c(cccc4c21)-c1ccccc1-3. The molecule has 0 bridgehead atoms.